The van der Waals surface area contributed by atoms with Gasteiger partial charge in [0, 0.05) is 12.4 Å². The Kier molecular flexibility index (Phi) is 2.35. The highest BCUT2D eigenvalue weighted by Gasteiger charge is 2.18. The minimum atomic E-state index is -0.198. The summed E-state index contributed by atoms with van der Waals surface area (Å²) in [7, 11) is 1.67. The number of hydrogen-bond donors (Lipinski definition) is 0. The van der Waals surface area contributed by atoms with Crippen LogP contribution in [0.2, 0.25) is 5.02 Å². The molecule has 2 rings (SSSR count). The second-order valence-electron chi connectivity index (χ2n) is 2.67. The van der Waals surface area contributed by atoms with Crippen molar-refractivity contribution >= 4 is 28.7 Å². The van der Waals surface area contributed by atoms with Gasteiger partial charge in [0.05, 0.1) is 16.7 Å². The largest absolute Gasteiger partial charge is 0.285 e. The van der Waals surface area contributed by atoms with Crippen molar-refractivity contribution in [3.05, 3.63) is 33.5 Å². The molecule has 2 heterocycles. The molecule has 0 aromatic carbocycles. The van der Waals surface area contributed by atoms with Crippen LogP contribution in [0.25, 0.3) is 0 Å². The normalized spacial score (nSPS) is 10.4. The van der Waals surface area contributed by atoms with Crippen molar-refractivity contribution in [2.75, 3.05) is 0 Å². The zero-order chi connectivity index (χ0) is 10.1. The van der Waals surface area contributed by atoms with Crippen molar-refractivity contribution < 1.29 is 4.79 Å². The van der Waals surface area contributed by atoms with Crippen LogP contribution in [0.3, 0.4) is 0 Å². The molecule has 0 spiro atoms. The maximum atomic E-state index is 11.8. The first-order chi connectivity index (χ1) is 6.70. The zero-order valence-corrected chi connectivity index (χ0v) is 8.84. The zero-order valence-electron chi connectivity index (χ0n) is 7.27. The summed E-state index contributed by atoms with van der Waals surface area (Å²) in [6, 6.07) is 0. The minimum Gasteiger partial charge on any atom is -0.285 e. The van der Waals surface area contributed by atoms with Crippen LogP contribution in [0.15, 0.2) is 17.1 Å². The number of ketones is 1. The van der Waals surface area contributed by atoms with Crippen molar-refractivity contribution in [1.29, 1.82) is 0 Å². The van der Waals surface area contributed by atoms with Crippen molar-refractivity contribution in [2.45, 2.75) is 0 Å². The minimum absolute atomic E-state index is 0.198. The van der Waals surface area contributed by atoms with E-state index in [0.717, 1.165) is 0 Å². The predicted molar refractivity (Wildman–Crippen MR) is 53.8 cm³/mol. The smallest absolute Gasteiger partial charge is 0.231 e. The van der Waals surface area contributed by atoms with E-state index in [9.17, 15) is 4.79 Å². The summed E-state index contributed by atoms with van der Waals surface area (Å²) in [5.74, 6) is -0.198. The molecule has 0 unspecified atom stereocenters. The van der Waals surface area contributed by atoms with Gasteiger partial charge in [-0.15, -0.1) is 11.3 Å². The Bertz CT molecular complexity index is 443. The van der Waals surface area contributed by atoms with Gasteiger partial charge in [-0.3, -0.25) is 9.48 Å². The molecular formula is C8H6ClN3OS. The van der Waals surface area contributed by atoms with Crippen molar-refractivity contribution in [1.82, 2.24) is 14.8 Å². The number of thiazole rings is 1. The van der Waals surface area contributed by atoms with Gasteiger partial charge in [0.25, 0.3) is 0 Å². The topological polar surface area (TPSA) is 47.8 Å². The standard InChI is InChI=1S/C8H6ClN3OS/c1-12-7(5(9)2-11-12)8(13)6-3-14-4-10-6/h2-4H,1H3. The van der Waals surface area contributed by atoms with Gasteiger partial charge in [-0.2, -0.15) is 5.10 Å². The van der Waals surface area contributed by atoms with Crippen LogP contribution in [0.5, 0.6) is 0 Å². The molecule has 0 saturated heterocycles. The SMILES string of the molecule is Cn1ncc(Cl)c1C(=O)c1cscn1. The van der Waals surface area contributed by atoms with E-state index in [2.05, 4.69) is 10.1 Å². The summed E-state index contributed by atoms with van der Waals surface area (Å²) in [5, 5.41) is 5.93. The molecule has 0 fully saturated rings. The lowest BCUT2D eigenvalue weighted by Crippen LogP contribution is -2.08. The van der Waals surface area contributed by atoms with Crippen LogP contribution >= 0.6 is 22.9 Å². The van der Waals surface area contributed by atoms with Gasteiger partial charge in [0.2, 0.25) is 5.78 Å². The molecule has 2 aromatic heterocycles. The van der Waals surface area contributed by atoms with Crippen LogP contribution < -0.4 is 0 Å². The number of aryl methyl sites for hydroxylation is 1. The van der Waals surface area contributed by atoms with Crippen molar-refractivity contribution in [2.24, 2.45) is 7.05 Å². The van der Waals surface area contributed by atoms with E-state index < -0.39 is 0 Å². The van der Waals surface area contributed by atoms with Crippen LogP contribution in [-0.4, -0.2) is 20.5 Å². The Morgan fingerprint density at radius 1 is 1.64 bits per heavy atom. The molecule has 0 aliphatic carbocycles. The Hall–Kier alpha value is -1.20. The molecule has 2 aromatic rings. The highest BCUT2D eigenvalue weighted by Crippen LogP contribution is 2.18. The molecule has 0 aliphatic heterocycles. The van der Waals surface area contributed by atoms with Crippen molar-refractivity contribution in [3.8, 4) is 0 Å². The highest BCUT2D eigenvalue weighted by atomic mass is 35.5. The summed E-state index contributed by atoms with van der Waals surface area (Å²) in [6.07, 6.45) is 1.45. The number of halogens is 1. The van der Waals surface area contributed by atoms with Gasteiger partial charge in [-0.05, 0) is 0 Å². The highest BCUT2D eigenvalue weighted by molar-refractivity contribution is 7.07. The van der Waals surface area contributed by atoms with Gasteiger partial charge in [-0.25, -0.2) is 4.98 Å². The molecule has 4 nitrogen and oxygen atoms in total. The average molecular weight is 228 g/mol. The van der Waals surface area contributed by atoms with Gasteiger partial charge >= 0.3 is 0 Å². The second kappa shape index (κ2) is 3.51. The molecule has 6 heteroatoms. The second-order valence-corrected chi connectivity index (χ2v) is 3.79. The van der Waals surface area contributed by atoms with Gasteiger partial charge in [0.1, 0.15) is 11.4 Å². The molecule has 0 bridgehead atoms. The van der Waals surface area contributed by atoms with Crippen LogP contribution in [0.4, 0.5) is 0 Å². The fraction of sp³-hybridized carbons (Fsp3) is 0.125. The number of aromatic nitrogens is 3. The van der Waals surface area contributed by atoms with E-state index in [-0.39, 0.29) is 5.78 Å². The van der Waals surface area contributed by atoms with Crippen LogP contribution in [0.1, 0.15) is 16.2 Å². The molecule has 0 radical (unpaired) electrons. The Morgan fingerprint density at radius 3 is 2.93 bits per heavy atom. The van der Waals surface area contributed by atoms with E-state index in [4.69, 9.17) is 11.6 Å². The first kappa shape index (κ1) is 9.36. The maximum Gasteiger partial charge on any atom is 0.231 e. The van der Waals surface area contributed by atoms with E-state index in [1.807, 2.05) is 0 Å². The molecule has 0 saturated carbocycles. The lowest BCUT2D eigenvalue weighted by molar-refractivity contribution is 0.102. The maximum absolute atomic E-state index is 11.8. The van der Waals surface area contributed by atoms with Gasteiger partial charge in [-0.1, -0.05) is 11.6 Å². The van der Waals surface area contributed by atoms with E-state index in [1.165, 1.54) is 22.2 Å². The lowest BCUT2D eigenvalue weighted by atomic mass is 10.2. The van der Waals surface area contributed by atoms with Gasteiger partial charge in [0.15, 0.2) is 0 Å². The Morgan fingerprint density at radius 2 is 2.43 bits per heavy atom. The molecule has 0 N–H and O–H groups in total. The molecule has 72 valence electrons. The number of nitrogens with zero attached hydrogens (tertiary/aromatic N) is 3. The summed E-state index contributed by atoms with van der Waals surface area (Å²) in [6.45, 7) is 0. The fourth-order valence-electron chi connectivity index (χ4n) is 1.11. The number of carbonyl (C=O) groups is 1. The first-order valence-electron chi connectivity index (χ1n) is 3.80. The fourth-order valence-corrected chi connectivity index (χ4v) is 1.90. The van der Waals surface area contributed by atoms with Crippen LogP contribution in [0, 0.1) is 0 Å². The third kappa shape index (κ3) is 1.44. The molecule has 0 amide bonds. The third-order valence-electron chi connectivity index (χ3n) is 1.77. The monoisotopic (exact) mass is 227 g/mol. The molecular weight excluding hydrogens is 222 g/mol. The number of hydrogen-bond acceptors (Lipinski definition) is 4. The van der Waals surface area contributed by atoms with E-state index >= 15 is 0 Å². The van der Waals surface area contributed by atoms with E-state index in [1.54, 1.807) is 17.9 Å². The van der Waals surface area contributed by atoms with Crippen molar-refractivity contribution in [3.63, 3.8) is 0 Å². The Labute approximate surface area is 89.2 Å². The van der Waals surface area contributed by atoms with Gasteiger partial charge < -0.3 is 0 Å². The number of rotatable bonds is 2. The predicted octanol–water partition coefficient (Wildman–Crippen LogP) is 1.76. The molecule has 0 aliphatic rings. The lowest BCUT2D eigenvalue weighted by Gasteiger charge is -1.98. The Balaban J connectivity index is 2.46. The quantitative estimate of drug-likeness (QED) is 0.735. The summed E-state index contributed by atoms with van der Waals surface area (Å²) < 4.78 is 1.45. The summed E-state index contributed by atoms with van der Waals surface area (Å²) >= 11 is 7.20. The average Bonchev–Trinajstić information content (AvgIpc) is 2.75. The van der Waals surface area contributed by atoms with Crippen LogP contribution in [-0.2, 0) is 7.05 Å². The summed E-state index contributed by atoms with van der Waals surface area (Å²) in [4.78, 5) is 15.7. The number of carbonyl (C=O) groups excluding carboxylic acids is 1. The first-order valence-corrected chi connectivity index (χ1v) is 5.12. The molecule has 0 atom stereocenters. The third-order valence-corrected chi connectivity index (χ3v) is 2.64. The van der Waals surface area contributed by atoms with E-state index in [0.29, 0.717) is 16.4 Å². The summed E-state index contributed by atoms with van der Waals surface area (Å²) in [5.41, 5.74) is 2.38. The molecule has 14 heavy (non-hydrogen) atoms.